The first-order valence-electron chi connectivity index (χ1n) is 7.84. The van der Waals surface area contributed by atoms with Crippen LogP contribution in [0.3, 0.4) is 0 Å². The Morgan fingerprint density at radius 2 is 2.19 bits per heavy atom. The Balaban J connectivity index is 2.25. The fourth-order valence-corrected chi connectivity index (χ4v) is 2.85. The Morgan fingerprint density at radius 3 is 2.86 bits per heavy atom. The minimum Gasteiger partial charge on any atom is -0.372 e. The predicted molar refractivity (Wildman–Crippen MR) is 85.4 cm³/mol. The predicted octanol–water partition coefficient (Wildman–Crippen LogP) is 3.50. The molecular weight excluding hydrogens is 267 g/mol. The van der Waals surface area contributed by atoms with Gasteiger partial charge in [0.2, 0.25) is 0 Å². The number of ether oxygens (including phenoxy) is 1. The molecule has 0 saturated carbocycles. The summed E-state index contributed by atoms with van der Waals surface area (Å²) in [7, 11) is 0. The molecule has 0 aromatic heterocycles. The van der Waals surface area contributed by atoms with E-state index in [0.29, 0.717) is 6.61 Å². The van der Waals surface area contributed by atoms with E-state index in [-0.39, 0.29) is 17.5 Å². The van der Waals surface area contributed by atoms with Crippen molar-refractivity contribution in [3.63, 3.8) is 0 Å². The van der Waals surface area contributed by atoms with E-state index in [1.165, 1.54) is 0 Å². The van der Waals surface area contributed by atoms with Crippen LogP contribution < -0.4 is 10.2 Å². The van der Waals surface area contributed by atoms with Gasteiger partial charge in [0, 0.05) is 24.8 Å². The average molecular weight is 294 g/mol. The second kappa shape index (κ2) is 6.75. The number of nitrogens with zero attached hydrogens (tertiary/aromatic N) is 1. The molecule has 1 saturated heterocycles. The summed E-state index contributed by atoms with van der Waals surface area (Å²) in [5, 5.41) is 3.45. The van der Waals surface area contributed by atoms with E-state index in [9.17, 15) is 4.39 Å². The van der Waals surface area contributed by atoms with Crippen LogP contribution in [0.1, 0.15) is 45.7 Å². The highest BCUT2D eigenvalue weighted by atomic mass is 19.1. The Bertz CT molecular complexity index is 476. The Kier molecular flexibility index (Phi) is 5.22. The summed E-state index contributed by atoms with van der Waals surface area (Å²) < 4.78 is 19.5. The number of hydrogen-bond acceptors (Lipinski definition) is 3. The molecule has 1 N–H and O–H groups in total. The Morgan fingerprint density at radius 1 is 1.43 bits per heavy atom. The third-order valence-electron chi connectivity index (χ3n) is 3.92. The number of morpholine rings is 1. The second-order valence-electron chi connectivity index (χ2n) is 6.41. The molecular formula is C17H27FN2O. The number of nitrogens with one attached hydrogen (secondary N) is 1. The maximum absolute atomic E-state index is 13.7. The van der Waals surface area contributed by atoms with Gasteiger partial charge >= 0.3 is 0 Å². The minimum atomic E-state index is -0.175. The standard InChI is InChI=1S/C17H27FN2O/c1-5-8-19-13(2)15-11-14(18)6-7-16(15)20-9-10-21-17(3,4)12-20/h6-7,11,13,19H,5,8-10,12H2,1-4H3. The van der Waals surface area contributed by atoms with Gasteiger partial charge in [-0.3, -0.25) is 0 Å². The first kappa shape index (κ1) is 16.2. The molecule has 1 aromatic rings. The maximum atomic E-state index is 13.7. The van der Waals surface area contributed by atoms with Crippen LogP contribution in [0.5, 0.6) is 0 Å². The molecule has 0 radical (unpaired) electrons. The van der Waals surface area contributed by atoms with Crippen molar-refractivity contribution in [1.82, 2.24) is 5.32 Å². The molecule has 21 heavy (non-hydrogen) atoms. The summed E-state index contributed by atoms with van der Waals surface area (Å²) in [5.41, 5.74) is 1.98. The van der Waals surface area contributed by atoms with Crippen molar-refractivity contribution in [2.75, 3.05) is 31.1 Å². The molecule has 1 aromatic carbocycles. The first-order valence-corrected chi connectivity index (χ1v) is 7.84. The van der Waals surface area contributed by atoms with Crippen LogP contribution in [0.4, 0.5) is 10.1 Å². The second-order valence-corrected chi connectivity index (χ2v) is 6.41. The number of benzene rings is 1. The maximum Gasteiger partial charge on any atom is 0.123 e. The van der Waals surface area contributed by atoms with E-state index < -0.39 is 0 Å². The number of hydrogen-bond donors (Lipinski definition) is 1. The van der Waals surface area contributed by atoms with Gasteiger partial charge in [0.1, 0.15) is 5.82 Å². The molecule has 2 rings (SSSR count). The molecule has 1 aliphatic rings. The summed E-state index contributed by atoms with van der Waals surface area (Å²) in [5.74, 6) is -0.175. The lowest BCUT2D eigenvalue weighted by atomic mass is 10.0. The fourth-order valence-electron chi connectivity index (χ4n) is 2.85. The molecule has 0 aliphatic carbocycles. The minimum absolute atomic E-state index is 0.140. The van der Waals surface area contributed by atoms with Gasteiger partial charge in [0.25, 0.3) is 0 Å². The van der Waals surface area contributed by atoms with Crippen LogP contribution in [0.25, 0.3) is 0 Å². The molecule has 0 spiro atoms. The summed E-state index contributed by atoms with van der Waals surface area (Å²) in [6.45, 7) is 11.7. The summed E-state index contributed by atoms with van der Waals surface area (Å²) in [6, 6.07) is 5.25. The smallest absolute Gasteiger partial charge is 0.123 e. The van der Waals surface area contributed by atoms with Crippen molar-refractivity contribution in [2.45, 2.75) is 45.8 Å². The van der Waals surface area contributed by atoms with Gasteiger partial charge in [-0.1, -0.05) is 6.92 Å². The molecule has 118 valence electrons. The summed E-state index contributed by atoms with van der Waals surface area (Å²) >= 11 is 0. The zero-order chi connectivity index (χ0) is 15.5. The molecule has 1 atom stereocenters. The molecule has 1 heterocycles. The molecule has 1 fully saturated rings. The third-order valence-corrected chi connectivity index (χ3v) is 3.92. The summed E-state index contributed by atoms with van der Waals surface area (Å²) in [6.07, 6.45) is 1.07. The SMILES string of the molecule is CCCNC(C)c1cc(F)ccc1N1CCOC(C)(C)C1. The first-order chi connectivity index (χ1) is 9.93. The fraction of sp³-hybridized carbons (Fsp3) is 0.647. The van der Waals surface area contributed by atoms with E-state index in [4.69, 9.17) is 4.74 Å². The van der Waals surface area contributed by atoms with Gasteiger partial charge in [-0.2, -0.15) is 0 Å². The topological polar surface area (TPSA) is 24.5 Å². The van der Waals surface area contributed by atoms with Crippen LogP contribution in [0, 0.1) is 5.82 Å². The molecule has 3 nitrogen and oxygen atoms in total. The lowest BCUT2D eigenvalue weighted by Gasteiger charge is -2.40. The van der Waals surface area contributed by atoms with Crippen LogP contribution >= 0.6 is 0 Å². The summed E-state index contributed by atoms with van der Waals surface area (Å²) in [4.78, 5) is 2.31. The van der Waals surface area contributed by atoms with Crippen molar-refractivity contribution in [1.29, 1.82) is 0 Å². The van der Waals surface area contributed by atoms with Crippen LogP contribution in [0.2, 0.25) is 0 Å². The quantitative estimate of drug-likeness (QED) is 0.899. The largest absolute Gasteiger partial charge is 0.372 e. The lowest BCUT2D eigenvalue weighted by Crippen LogP contribution is -2.48. The highest BCUT2D eigenvalue weighted by Gasteiger charge is 2.29. The van der Waals surface area contributed by atoms with Gasteiger partial charge in [0.15, 0.2) is 0 Å². The van der Waals surface area contributed by atoms with Crippen molar-refractivity contribution in [3.8, 4) is 0 Å². The van der Waals surface area contributed by atoms with E-state index in [1.54, 1.807) is 12.1 Å². The van der Waals surface area contributed by atoms with Crippen molar-refractivity contribution >= 4 is 5.69 Å². The van der Waals surface area contributed by atoms with E-state index in [2.05, 4.69) is 37.9 Å². The third kappa shape index (κ3) is 4.17. The van der Waals surface area contributed by atoms with Crippen LogP contribution in [-0.2, 0) is 4.74 Å². The van der Waals surface area contributed by atoms with Crippen molar-refractivity contribution in [3.05, 3.63) is 29.6 Å². The Labute approximate surface area is 127 Å². The highest BCUT2D eigenvalue weighted by Crippen LogP contribution is 2.30. The highest BCUT2D eigenvalue weighted by molar-refractivity contribution is 5.55. The normalized spacial score (nSPS) is 19.6. The van der Waals surface area contributed by atoms with Gasteiger partial charge in [0.05, 0.1) is 12.2 Å². The number of halogens is 1. The van der Waals surface area contributed by atoms with Gasteiger partial charge < -0.3 is 15.0 Å². The molecule has 4 heteroatoms. The van der Waals surface area contributed by atoms with Gasteiger partial charge in [-0.15, -0.1) is 0 Å². The number of rotatable bonds is 5. The van der Waals surface area contributed by atoms with Gasteiger partial charge in [-0.25, -0.2) is 4.39 Å². The zero-order valence-electron chi connectivity index (χ0n) is 13.6. The van der Waals surface area contributed by atoms with E-state index in [1.807, 2.05) is 6.07 Å². The zero-order valence-corrected chi connectivity index (χ0v) is 13.6. The van der Waals surface area contributed by atoms with E-state index in [0.717, 1.165) is 37.3 Å². The van der Waals surface area contributed by atoms with Crippen molar-refractivity contribution in [2.24, 2.45) is 0 Å². The van der Waals surface area contributed by atoms with Gasteiger partial charge in [-0.05, 0) is 57.5 Å². The van der Waals surface area contributed by atoms with Crippen LogP contribution in [0.15, 0.2) is 18.2 Å². The Hall–Kier alpha value is -1.13. The molecule has 0 bridgehead atoms. The molecule has 0 amide bonds. The molecule has 1 aliphatic heterocycles. The van der Waals surface area contributed by atoms with Crippen LogP contribution in [-0.4, -0.2) is 31.8 Å². The average Bonchev–Trinajstić information content (AvgIpc) is 2.43. The lowest BCUT2D eigenvalue weighted by molar-refractivity contribution is -0.0277. The monoisotopic (exact) mass is 294 g/mol. The molecule has 1 unspecified atom stereocenters. The number of anilines is 1. The van der Waals surface area contributed by atoms with E-state index >= 15 is 0 Å². The van der Waals surface area contributed by atoms with Crippen molar-refractivity contribution < 1.29 is 9.13 Å².